The highest BCUT2D eigenvalue weighted by atomic mass is 80.0. The van der Waals surface area contributed by atoms with Gasteiger partial charge in [0.25, 0.3) is 11.8 Å². The molecule has 0 fully saturated rings. The van der Waals surface area contributed by atoms with E-state index in [9.17, 15) is 39.6 Å². The molecule has 0 bridgehead atoms. The first-order chi connectivity index (χ1) is 26.4. The quantitative estimate of drug-likeness (QED) is 0.0933. The van der Waals surface area contributed by atoms with Gasteiger partial charge in [0.15, 0.2) is 0 Å². The van der Waals surface area contributed by atoms with Crippen molar-refractivity contribution in [3.05, 3.63) is 89.5 Å². The van der Waals surface area contributed by atoms with Crippen LogP contribution < -0.4 is 10.6 Å². The number of hydrogen-bond donors (Lipinski definition) is 4. The number of aliphatic hydroxyl groups is 1. The fourth-order valence-electron chi connectivity index (χ4n) is 4.16. The smallest absolute Gasteiger partial charge is 0.325 e. The number of nitrogens with one attached hydrogen (secondary N) is 2. The number of hydrogen-bond acceptors (Lipinski definition) is 10. The molecule has 0 aliphatic heterocycles. The Labute approximate surface area is 413 Å². The maximum atomic E-state index is 12.5. The monoisotopic (exact) mass is 1440 g/mol. The van der Waals surface area contributed by atoms with Gasteiger partial charge in [-0.05, 0) is 212 Å². The standard InChI is InChI=1S/C14H18Br3NO4S.C11H10Br3NO5S.C8H7Br3O2S/c15-14(16,17)23(21,22)12-8-4-3-7-11(12)13(20)18-9-5-1-2-6-10-19;1-6(10(17)18)15-9(16)7-3-2-4-8(5-7)21(19,20)11(12,13)14;1-6-4-2-3-5-7(6)14(12,13)8(9,10)11/h3-4,7-8,19H,1-2,5-6,9-10H2,(H,18,20);2-6H,1H3,(H,15,16)(H,17,18);2-5H,1H3. The van der Waals surface area contributed by atoms with Crippen LogP contribution in [0.1, 0.15) is 58.9 Å². The first kappa shape index (κ1) is 56.2. The Bertz CT molecular complexity index is 2230. The minimum Gasteiger partial charge on any atom is -0.480 e. The van der Waals surface area contributed by atoms with Crippen LogP contribution in [0.25, 0.3) is 0 Å². The predicted octanol–water partition coefficient (Wildman–Crippen LogP) is 9.56. The number of aliphatic hydroxyl groups excluding tert-OH is 1. The molecule has 0 aromatic heterocycles. The SMILES string of the molecule is CC(NC(=O)c1cccc(S(=O)(=O)C(Br)(Br)Br)c1)C(=O)O.Cc1ccccc1S(=O)(=O)C(Br)(Br)Br.O=C(NCCCCCCO)c1ccccc1S(=O)(=O)C(Br)(Br)Br. The van der Waals surface area contributed by atoms with Crippen LogP contribution in [0.2, 0.25) is 0 Å². The molecule has 0 spiro atoms. The number of rotatable bonds is 13. The third kappa shape index (κ3) is 16.7. The van der Waals surface area contributed by atoms with Gasteiger partial charge in [-0.3, -0.25) is 14.4 Å². The lowest BCUT2D eigenvalue weighted by Gasteiger charge is -2.16. The lowest BCUT2D eigenvalue weighted by Crippen LogP contribution is -2.38. The van der Waals surface area contributed by atoms with Gasteiger partial charge >= 0.3 is 5.97 Å². The fourth-order valence-corrected chi connectivity index (χ4v) is 11.7. The summed E-state index contributed by atoms with van der Waals surface area (Å²) in [6.07, 6.45) is 3.32. The van der Waals surface area contributed by atoms with Crippen molar-refractivity contribution in [3.8, 4) is 0 Å². The number of amides is 2. The van der Waals surface area contributed by atoms with Crippen LogP contribution >= 0.6 is 143 Å². The van der Waals surface area contributed by atoms with Gasteiger partial charge in [-0.1, -0.05) is 49.2 Å². The van der Waals surface area contributed by atoms with Crippen molar-refractivity contribution >= 4 is 191 Å². The number of alkyl halides is 9. The lowest BCUT2D eigenvalue weighted by molar-refractivity contribution is -0.138. The Morgan fingerprint density at radius 2 is 1.12 bits per heavy atom. The lowest BCUT2D eigenvalue weighted by atomic mass is 10.2. The Morgan fingerprint density at radius 1 is 0.638 bits per heavy atom. The molecule has 324 valence electrons. The van der Waals surface area contributed by atoms with Crippen LogP contribution in [-0.2, 0) is 34.3 Å². The molecule has 3 aromatic rings. The molecule has 13 nitrogen and oxygen atoms in total. The topological polar surface area (TPSA) is 218 Å². The number of aryl methyl sites for hydroxylation is 1. The number of unbranched alkanes of at least 4 members (excludes halogenated alkanes) is 3. The Morgan fingerprint density at radius 3 is 1.62 bits per heavy atom. The maximum absolute atomic E-state index is 12.5. The van der Waals surface area contributed by atoms with Crippen molar-refractivity contribution in [2.45, 2.75) is 64.7 Å². The molecule has 0 aliphatic rings. The number of halogens is 9. The van der Waals surface area contributed by atoms with Crippen molar-refractivity contribution in [3.63, 3.8) is 0 Å². The van der Waals surface area contributed by atoms with E-state index < -0.39 is 57.8 Å². The highest BCUT2D eigenvalue weighted by Crippen LogP contribution is 2.45. The van der Waals surface area contributed by atoms with E-state index in [0.717, 1.165) is 37.3 Å². The van der Waals surface area contributed by atoms with E-state index in [2.05, 4.69) is 154 Å². The molecule has 2 amide bonds. The highest BCUT2D eigenvalue weighted by Gasteiger charge is 2.40. The molecule has 3 rings (SSSR count). The third-order valence-electron chi connectivity index (χ3n) is 7.21. The van der Waals surface area contributed by atoms with Gasteiger partial charge in [-0.2, -0.15) is 0 Å². The van der Waals surface area contributed by atoms with E-state index in [4.69, 9.17) is 10.2 Å². The molecule has 1 atom stereocenters. The van der Waals surface area contributed by atoms with Crippen LogP contribution in [0.3, 0.4) is 0 Å². The zero-order valence-corrected chi connectivity index (χ0v) is 46.7. The second-order valence-electron chi connectivity index (χ2n) is 11.6. The van der Waals surface area contributed by atoms with Crippen LogP contribution in [-0.4, -0.2) is 76.9 Å². The summed E-state index contributed by atoms with van der Waals surface area (Å²) in [6.45, 7) is 3.69. The van der Waals surface area contributed by atoms with Crippen LogP contribution in [0, 0.1) is 6.92 Å². The minimum absolute atomic E-state index is 0.0425. The molecule has 0 saturated carbocycles. The Balaban J connectivity index is 0.000000447. The third-order valence-corrected chi connectivity index (χ3v) is 23.4. The van der Waals surface area contributed by atoms with Gasteiger partial charge in [0.2, 0.25) is 33.9 Å². The molecule has 4 N–H and O–H groups in total. The van der Waals surface area contributed by atoms with Gasteiger partial charge in [-0.15, -0.1) is 0 Å². The molecular formula is C33H35Br9N2O11S3. The molecule has 58 heavy (non-hydrogen) atoms. The number of carboxylic acids is 1. The summed E-state index contributed by atoms with van der Waals surface area (Å²) >= 11 is 26.8. The second kappa shape index (κ2) is 24.3. The number of carboxylic acid groups (broad SMARTS) is 1. The highest BCUT2D eigenvalue weighted by molar-refractivity contribution is 9.43. The van der Waals surface area contributed by atoms with E-state index in [-0.39, 0.29) is 27.5 Å². The largest absolute Gasteiger partial charge is 0.480 e. The van der Waals surface area contributed by atoms with Crippen molar-refractivity contribution in [1.82, 2.24) is 10.6 Å². The Kier molecular flexibility index (Phi) is 23.6. The van der Waals surface area contributed by atoms with Gasteiger partial charge < -0.3 is 20.8 Å². The van der Waals surface area contributed by atoms with E-state index in [0.29, 0.717) is 11.4 Å². The molecular weight excluding hydrogens is 1420 g/mol. The summed E-state index contributed by atoms with van der Waals surface area (Å²) in [5, 5.41) is 22.4. The molecule has 0 heterocycles. The molecule has 25 heteroatoms. The van der Waals surface area contributed by atoms with Crippen LogP contribution in [0.5, 0.6) is 0 Å². The number of carbonyl (C=O) groups is 3. The van der Waals surface area contributed by atoms with Crippen LogP contribution in [0.4, 0.5) is 0 Å². The zero-order chi connectivity index (χ0) is 44.9. The van der Waals surface area contributed by atoms with E-state index in [1.807, 2.05) is 0 Å². The first-order valence-electron chi connectivity index (χ1n) is 16.1. The summed E-state index contributed by atoms with van der Waals surface area (Å²) in [7, 11) is -11.1. The van der Waals surface area contributed by atoms with E-state index >= 15 is 0 Å². The summed E-state index contributed by atoms with van der Waals surface area (Å²) in [4.78, 5) is 35.0. The zero-order valence-electron chi connectivity index (χ0n) is 29.9. The summed E-state index contributed by atoms with van der Waals surface area (Å²) in [5.74, 6) is -2.29. The van der Waals surface area contributed by atoms with Crippen LogP contribution in [0.15, 0.2) is 87.5 Å². The number of benzene rings is 3. The van der Waals surface area contributed by atoms with E-state index in [1.54, 1.807) is 43.3 Å². The fraction of sp³-hybridized carbons (Fsp3) is 0.364. The average molecular weight is 1450 g/mol. The molecule has 3 aromatic carbocycles. The van der Waals surface area contributed by atoms with Crippen molar-refractivity contribution in [2.75, 3.05) is 13.2 Å². The number of sulfone groups is 3. The summed E-state index contributed by atoms with van der Waals surface area (Å²) in [6, 6.07) is 17.1. The molecule has 0 saturated heterocycles. The van der Waals surface area contributed by atoms with Gasteiger partial charge in [0.05, 0.1) is 20.2 Å². The first-order valence-corrected chi connectivity index (χ1v) is 27.6. The van der Waals surface area contributed by atoms with Crippen molar-refractivity contribution in [2.24, 2.45) is 0 Å². The average Bonchev–Trinajstić information content (AvgIpc) is 3.12. The van der Waals surface area contributed by atoms with Crippen molar-refractivity contribution in [1.29, 1.82) is 0 Å². The Hall–Kier alpha value is 0.200. The minimum atomic E-state index is -3.83. The second-order valence-corrected chi connectivity index (χ2v) is 42.8. The van der Waals surface area contributed by atoms with Gasteiger partial charge in [0, 0.05) is 18.7 Å². The number of carbonyl (C=O) groups excluding carboxylic acids is 2. The van der Waals surface area contributed by atoms with Gasteiger partial charge in [-0.25, -0.2) is 25.3 Å². The number of aliphatic carboxylic acids is 1. The predicted molar refractivity (Wildman–Crippen MR) is 257 cm³/mol. The molecule has 1 unspecified atom stereocenters. The van der Waals surface area contributed by atoms with Gasteiger partial charge in [0.1, 0.15) is 6.04 Å². The van der Waals surface area contributed by atoms with Crippen molar-refractivity contribution < 1.29 is 49.9 Å². The maximum Gasteiger partial charge on any atom is 0.325 e. The summed E-state index contributed by atoms with van der Waals surface area (Å²) < 4.78 is 68.8. The normalized spacial score (nSPS) is 12.8. The molecule has 0 aliphatic carbocycles. The summed E-state index contributed by atoms with van der Waals surface area (Å²) in [5.41, 5.74) is 0.863. The molecule has 0 radical (unpaired) electrons. The van der Waals surface area contributed by atoms with E-state index in [1.165, 1.54) is 37.3 Å².